The number of aryl methyl sites for hydroxylation is 1. The van der Waals surface area contributed by atoms with Crippen LogP contribution in [0, 0.1) is 0 Å². The van der Waals surface area contributed by atoms with E-state index in [9.17, 15) is 31.1 Å². The van der Waals surface area contributed by atoms with Gasteiger partial charge in [0.15, 0.2) is 17.2 Å². The zero-order chi connectivity index (χ0) is 16.0. The first kappa shape index (κ1) is 15.1. The van der Waals surface area contributed by atoms with Gasteiger partial charge in [0.1, 0.15) is 5.69 Å². The first-order valence-corrected chi connectivity index (χ1v) is 5.32. The molecule has 0 atom stereocenters. The first-order chi connectivity index (χ1) is 9.51. The summed E-state index contributed by atoms with van der Waals surface area (Å²) in [7, 11) is 1.07. The maximum Gasteiger partial charge on any atom is 0.458 e. The highest BCUT2D eigenvalue weighted by Crippen LogP contribution is 2.37. The van der Waals surface area contributed by atoms with E-state index in [1.807, 2.05) is 0 Å². The van der Waals surface area contributed by atoms with E-state index >= 15 is 0 Å². The monoisotopic (exact) mass is 312 g/mol. The predicted molar refractivity (Wildman–Crippen MR) is 56.3 cm³/mol. The van der Waals surface area contributed by atoms with Gasteiger partial charge >= 0.3 is 18.1 Å². The van der Waals surface area contributed by atoms with Crippen LogP contribution in [0.15, 0.2) is 22.9 Å². The Balaban J connectivity index is 2.47. The molecule has 21 heavy (non-hydrogen) atoms. The summed E-state index contributed by atoms with van der Waals surface area (Å²) in [6, 6.07) is 1.48. The van der Waals surface area contributed by atoms with Crippen molar-refractivity contribution in [2.45, 2.75) is 12.4 Å². The number of carbonyl (C=O) groups excluding carboxylic acids is 1. The van der Waals surface area contributed by atoms with Gasteiger partial charge in [-0.2, -0.15) is 26.3 Å². The summed E-state index contributed by atoms with van der Waals surface area (Å²) in [5, 5.41) is 0. The highest BCUT2D eigenvalue weighted by atomic mass is 19.4. The van der Waals surface area contributed by atoms with E-state index in [4.69, 9.17) is 0 Å². The normalized spacial score (nSPS) is 12.7. The Morgan fingerprint density at radius 3 is 2.33 bits per heavy atom. The lowest BCUT2D eigenvalue weighted by Crippen LogP contribution is -2.22. The Hall–Kier alpha value is -2.26. The molecule has 0 aromatic carbocycles. The molecule has 0 aliphatic rings. The van der Waals surface area contributed by atoms with Gasteiger partial charge in [-0.1, -0.05) is 0 Å². The minimum absolute atomic E-state index is 0.574. The third-order valence-electron chi connectivity index (χ3n) is 2.53. The van der Waals surface area contributed by atoms with E-state index in [0.29, 0.717) is 10.6 Å². The van der Waals surface area contributed by atoms with Crippen molar-refractivity contribution in [1.82, 2.24) is 9.55 Å². The van der Waals surface area contributed by atoms with E-state index < -0.39 is 41.0 Å². The second kappa shape index (κ2) is 4.64. The molecule has 2 rings (SSSR count). The van der Waals surface area contributed by atoms with Crippen LogP contribution in [0.4, 0.5) is 26.3 Å². The number of halogens is 6. The van der Waals surface area contributed by atoms with Gasteiger partial charge in [-0.05, 0) is 12.1 Å². The number of aromatic nitrogens is 2. The minimum Gasteiger partial charge on any atom is -0.451 e. The molecule has 0 amide bonds. The largest absolute Gasteiger partial charge is 0.458 e. The zero-order valence-electron chi connectivity index (χ0n) is 10.2. The average molecular weight is 312 g/mol. The molecular weight excluding hydrogens is 306 g/mol. The molecule has 4 nitrogen and oxygen atoms in total. The highest BCUT2D eigenvalue weighted by Gasteiger charge is 2.42. The van der Waals surface area contributed by atoms with Crippen LogP contribution in [0.5, 0.6) is 0 Å². The highest BCUT2D eigenvalue weighted by molar-refractivity contribution is 5.98. The van der Waals surface area contributed by atoms with Gasteiger partial charge < -0.3 is 8.98 Å². The number of carbonyl (C=O) groups is 1. The maximum absolute atomic E-state index is 12.8. The Bertz CT molecular complexity index is 680. The third-order valence-corrected chi connectivity index (χ3v) is 2.53. The van der Waals surface area contributed by atoms with Crippen molar-refractivity contribution in [3.05, 3.63) is 29.9 Å². The minimum atomic E-state index is -5.17. The molecule has 0 spiro atoms. The SMILES string of the molecule is Cn1cnc(-c2ccc(C(=O)C(F)(F)F)o2)c1C(F)(F)F. The summed E-state index contributed by atoms with van der Waals surface area (Å²) in [5.74, 6) is -3.95. The topological polar surface area (TPSA) is 48.0 Å². The van der Waals surface area contributed by atoms with Crippen molar-refractivity contribution in [3.63, 3.8) is 0 Å². The number of rotatable bonds is 2. The molecule has 2 heterocycles. The predicted octanol–water partition coefficient (Wildman–Crippen LogP) is 3.44. The van der Waals surface area contributed by atoms with Gasteiger partial charge in [0.25, 0.3) is 0 Å². The Morgan fingerprint density at radius 2 is 1.81 bits per heavy atom. The van der Waals surface area contributed by atoms with Crippen LogP contribution >= 0.6 is 0 Å². The van der Waals surface area contributed by atoms with Crippen molar-refractivity contribution in [2.24, 2.45) is 7.05 Å². The molecule has 2 aromatic rings. The smallest absolute Gasteiger partial charge is 0.451 e. The number of hydrogen-bond acceptors (Lipinski definition) is 3. The number of nitrogens with zero attached hydrogens (tertiary/aromatic N) is 2. The van der Waals surface area contributed by atoms with Crippen LogP contribution in [-0.4, -0.2) is 21.5 Å². The summed E-state index contributed by atoms with van der Waals surface area (Å²) < 4.78 is 80.3. The molecule has 0 saturated heterocycles. The standard InChI is InChI=1S/C11H6F6N2O2/c1-19-4-18-7(8(19)10(12,13)14)5-2-3-6(21-5)9(20)11(15,16)17/h2-4H,1H3. The molecule has 0 bridgehead atoms. The number of furan rings is 1. The number of imidazole rings is 1. The average Bonchev–Trinajstić information content (AvgIpc) is 2.91. The van der Waals surface area contributed by atoms with Crippen LogP contribution in [0.3, 0.4) is 0 Å². The van der Waals surface area contributed by atoms with Crippen molar-refractivity contribution in [2.75, 3.05) is 0 Å². The Morgan fingerprint density at radius 1 is 1.19 bits per heavy atom. The Kier molecular flexibility index (Phi) is 3.34. The van der Waals surface area contributed by atoms with E-state index in [1.54, 1.807) is 0 Å². The number of Topliss-reactive ketones (excluding diaryl/α,β-unsaturated/α-hetero) is 1. The van der Waals surface area contributed by atoms with Crippen molar-refractivity contribution in [3.8, 4) is 11.5 Å². The van der Waals surface area contributed by atoms with Crippen molar-refractivity contribution < 1.29 is 35.6 Å². The number of ketones is 1. The lowest BCUT2D eigenvalue weighted by molar-refractivity contribution is -0.142. The number of hydrogen-bond donors (Lipinski definition) is 0. The second-order valence-corrected chi connectivity index (χ2v) is 4.04. The molecule has 2 aromatic heterocycles. The van der Waals surface area contributed by atoms with Gasteiger partial charge in [0.2, 0.25) is 0 Å². The van der Waals surface area contributed by atoms with Crippen LogP contribution in [0.2, 0.25) is 0 Å². The lowest BCUT2D eigenvalue weighted by Gasteiger charge is -2.08. The molecule has 0 aliphatic carbocycles. The molecule has 0 radical (unpaired) electrons. The van der Waals surface area contributed by atoms with Crippen LogP contribution in [-0.2, 0) is 13.2 Å². The van der Waals surface area contributed by atoms with E-state index in [0.717, 1.165) is 19.4 Å². The zero-order valence-corrected chi connectivity index (χ0v) is 10.2. The third kappa shape index (κ3) is 2.78. The van der Waals surface area contributed by atoms with E-state index in [1.165, 1.54) is 0 Å². The summed E-state index contributed by atoms with van der Waals surface area (Å²) >= 11 is 0. The fourth-order valence-corrected chi connectivity index (χ4v) is 1.67. The summed E-state index contributed by atoms with van der Waals surface area (Å²) in [6.45, 7) is 0. The fraction of sp³-hybridized carbons (Fsp3) is 0.273. The molecule has 0 saturated carbocycles. The molecule has 0 N–H and O–H groups in total. The first-order valence-electron chi connectivity index (χ1n) is 5.32. The van der Waals surface area contributed by atoms with Crippen LogP contribution in [0.25, 0.3) is 11.5 Å². The summed E-state index contributed by atoms with van der Waals surface area (Å²) in [5.41, 5.74) is -1.88. The lowest BCUT2D eigenvalue weighted by atomic mass is 10.2. The quantitative estimate of drug-likeness (QED) is 0.630. The van der Waals surface area contributed by atoms with E-state index in [2.05, 4.69) is 9.40 Å². The van der Waals surface area contributed by atoms with Crippen LogP contribution in [0.1, 0.15) is 16.2 Å². The molecule has 0 aliphatic heterocycles. The fourth-order valence-electron chi connectivity index (χ4n) is 1.67. The number of alkyl halides is 6. The molecule has 10 heteroatoms. The summed E-state index contributed by atoms with van der Waals surface area (Å²) in [6.07, 6.45) is -9.11. The van der Waals surface area contributed by atoms with Crippen LogP contribution < -0.4 is 0 Å². The second-order valence-electron chi connectivity index (χ2n) is 4.04. The van der Waals surface area contributed by atoms with Gasteiger partial charge in [-0.3, -0.25) is 4.79 Å². The molecule has 0 fully saturated rings. The Labute approximate surface area is 113 Å². The van der Waals surface area contributed by atoms with Gasteiger partial charge in [-0.25, -0.2) is 4.98 Å². The molecule has 114 valence electrons. The molecule has 0 unspecified atom stereocenters. The summed E-state index contributed by atoms with van der Waals surface area (Å²) in [4.78, 5) is 14.4. The van der Waals surface area contributed by atoms with E-state index in [-0.39, 0.29) is 0 Å². The van der Waals surface area contributed by atoms with Crippen molar-refractivity contribution >= 4 is 5.78 Å². The molecular formula is C11H6F6N2O2. The van der Waals surface area contributed by atoms with Gasteiger partial charge in [0.05, 0.1) is 6.33 Å². The van der Waals surface area contributed by atoms with Gasteiger partial charge in [0, 0.05) is 7.05 Å². The maximum atomic E-state index is 12.8. The van der Waals surface area contributed by atoms with Gasteiger partial charge in [-0.15, -0.1) is 0 Å². The van der Waals surface area contributed by atoms with Crippen molar-refractivity contribution in [1.29, 1.82) is 0 Å².